The van der Waals surface area contributed by atoms with Gasteiger partial charge in [0.05, 0.1) is 16.9 Å². The summed E-state index contributed by atoms with van der Waals surface area (Å²) >= 11 is 0. The maximum Gasteiger partial charge on any atom is 0.169 e. The van der Waals surface area contributed by atoms with Crippen molar-refractivity contribution in [3.8, 4) is 11.3 Å². The highest BCUT2D eigenvalue weighted by molar-refractivity contribution is 6.05. The summed E-state index contributed by atoms with van der Waals surface area (Å²) in [7, 11) is 0. The lowest BCUT2D eigenvalue weighted by Crippen LogP contribution is -2.10. The van der Waals surface area contributed by atoms with E-state index in [1.807, 2.05) is 51.1 Å². The smallest absolute Gasteiger partial charge is 0.169 e. The zero-order chi connectivity index (χ0) is 13.3. The van der Waals surface area contributed by atoms with Crippen LogP contribution in [0.15, 0.2) is 30.3 Å². The van der Waals surface area contributed by atoms with Gasteiger partial charge in [0.25, 0.3) is 0 Å². The molecule has 3 heteroatoms. The summed E-state index contributed by atoms with van der Waals surface area (Å²) in [4.78, 5) is 15.3. The first kappa shape index (κ1) is 12.4. The monoisotopic (exact) mass is 242 g/mol. The molecule has 2 rings (SSSR count). The Morgan fingerprint density at radius 3 is 2.39 bits per heavy atom. The average Bonchev–Trinajstić information content (AvgIpc) is 2.65. The fraction of sp³-hybridized carbons (Fsp3) is 0.267. The topological polar surface area (TPSA) is 58.9 Å². The fourth-order valence-electron chi connectivity index (χ4n) is 2.08. The number of ketones is 1. The molecule has 3 nitrogen and oxygen atoms in total. The molecular formula is C15H18N2O. The van der Waals surface area contributed by atoms with Crippen LogP contribution in [0.2, 0.25) is 0 Å². The number of H-pyrrole nitrogens is 1. The minimum atomic E-state index is -0.0505. The Kier molecular flexibility index (Phi) is 3.24. The van der Waals surface area contributed by atoms with Crippen molar-refractivity contribution in [1.29, 1.82) is 0 Å². The molecule has 0 bridgehead atoms. The third-order valence-corrected chi connectivity index (χ3v) is 3.06. The zero-order valence-electron chi connectivity index (χ0n) is 10.9. The first-order valence-electron chi connectivity index (χ1n) is 6.10. The van der Waals surface area contributed by atoms with E-state index in [0.717, 1.165) is 17.0 Å². The van der Waals surface area contributed by atoms with Gasteiger partial charge in [0.15, 0.2) is 5.78 Å². The summed E-state index contributed by atoms with van der Waals surface area (Å²) in [5.74, 6) is 0.0360. The highest BCUT2D eigenvalue weighted by Crippen LogP contribution is 2.31. The van der Waals surface area contributed by atoms with Crippen molar-refractivity contribution >= 4 is 11.5 Å². The summed E-state index contributed by atoms with van der Waals surface area (Å²) < 4.78 is 0. The molecule has 3 N–H and O–H groups in total. The van der Waals surface area contributed by atoms with Gasteiger partial charge in [-0.1, -0.05) is 44.2 Å². The molecule has 0 unspecified atom stereocenters. The number of nitrogens with two attached hydrogens (primary N) is 1. The number of hydrogen-bond acceptors (Lipinski definition) is 2. The molecule has 0 radical (unpaired) electrons. The van der Waals surface area contributed by atoms with Crippen LogP contribution in [0.1, 0.15) is 29.9 Å². The molecule has 1 heterocycles. The van der Waals surface area contributed by atoms with E-state index in [2.05, 4.69) is 4.98 Å². The van der Waals surface area contributed by atoms with Crippen LogP contribution in [-0.2, 0) is 0 Å². The van der Waals surface area contributed by atoms with Crippen LogP contribution >= 0.6 is 0 Å². The maximum atomic E-state index is 12.1. The number of carbonyl (C=O) groups excluding carboxylic acids is 1. The largest absolute Gasteiger partial charge is 0.396 e. The molecule has 0 spiro atoms. The standard InChI is InChI=1S/C15H18N2O/c1-9(2)15(18)12-10(3)17-14(13(12)16)11-7-5-4-6-8-11/h4-9,17H,16H2,1-3H3. The normalized spacial score (nSPS) is 10.9. The highest BCUT2D eigenvalue weighted by atomic mass is 16.1. The number of carbonyl (C=O) groups is 1. The maximum absolute atomic E-state index is 12.1. The predicted molar refractivity (Wildman–Crippen MR) is 74.5 cm³/mol. The first-order chi connectivity index (χ1) is 8.52. The van der Waals surface area contributed by atoms with Crippen molar-refractivity contribution in [2.24, 2.45) is 5.92 Å². The Balaban J connectivity index is 2.54. The van der Waals surface area contributed by atoms with E-state index in [1.165, 1.54) is 0 Å². The third kappa shape index (κ3) is 2.04. The number of hydrogen-bond donors (Lipinski definition) is 2. The van der Waals surface area contributed by atoms with Crippen molar-refractivity contribution in [3.05, 3.63) is 41.6 Å². The van der Waals surface area contributed by atoms with Gasteiger partial charge < -0.3 is 10.7 Å². The van der Waals surface area contributed by atoms with Gasteiger partial charge in [-0.3, -0.25) is 4.79 Å². The SMILES string of the molecule is Cc1[nH]c(-c2ccccc2)c(N)c1C(=O)C(C)C. The van der Waals surface area contributed by atoms with Gasteiger partial charge in [0.1, 0.15) is 0 Å². The second kappa shape index (κ2) is 4.69. The van der Waals surface area contributed by atoms with E-state index >= 15 is 0 Å². The highest BCUT2D eigenvalue weighted by Gasteiger charge is 2.21. The Bertz CT molecular complexity index is 568. The van der Waals surface area contributed by atoms with Crippen LogP contribution in [0.5, 0.6) is 0 Å². The van der Waals surface area contributed by atoms with E-state index in [-0.39, 0.29) is 11.7 Å². The van der Waals surface area contributed by atoms with E-state index in [1.54, 1.807) is 0 Å². The molecule has 0 amide bonds. The number of nitrogens with one attached hydrogen (secondary N) is 1. The molecule has 0 saturated heterocycles. The lowest BCUT2D eigenvalue weighted by molar-refractivity contribution is 0.0940. The van der Waals surface area contributed by atoms with Crippen molar-refractivity contribution in [3.63, 3.8) is 0 Å². The summed E-state index contributed by atoms with van der Waals surface area (Å²) in [5.41, 5.74) is 9.97. The summed E-state index contributed by atoms with van der Waals surface area (Å²) in [5, 5.41) is 0. The Morgan fingerprint density at radius 1 is 1.22 bits per heavy atom. The Hall–Kier alpha value is -2.03. The molecule has 1 aromatic heterocycles. The number of aromatic amines is 1. The quantitative estimate of drug-likeness (QED) is 0.810. The molecule has 0 saturated carbocycles. The van der Waals surface area contributed by atoms with E-state index in [0.29, 0.717) is 11.3 Å². The number of aromatic nitrogens is 1. The molecule has 1 aromatic carbocycles. The number of rotatable bonds is 3. The molecule has 0 atom stereocenters. The van der Waals surface area contributed by atoms with Crippen molar-refractivity contribution in [2.75, 3.05) is 5.73 Å². The fourth-order valence-corrected chi connectivity index (χ4v) is 2.08. The molecule has 18 heavy (non-hydrogen) atoms. The lowest BCUT2D eigenvalue weighted by atomic mass is 9.99. The number of nitrogen functional groups attached to an aromatic ring is 1. The lowest BCUT2D eigenvalue weighted by Gasteiger charge is -2.05. The van der Waals surface area contributed by atoms with Gasteiger partial charge in [-0.05, 0) is 6.92 Å². The predicted octanol–water partition coefficient (Wildman–Crippen LogP) is 3.41. The van der Waals surface area contributed by atoms with Crippen molar-refractivity contribution < 1.29 is 4.79 Å². The van der Waals surface area contributed by atoms with Gasteiger partial charge in [0.2, 0.25) is 0 Å². The van der Waals surface area contributed by atoms with Crippen LogP contribution in [-0.4, -0.2) is 10.8 Å². The first-order valence-corrected chi connectivity index (χ1v) is 6.10. The minimum Gasteiger partial charge on any atom is -0.396 e. The van der Waals surface area contributed by atoms with E-state index in [9.17, 15) is 4.79 Å². The van der Waals surface area contributed by atoms with Crippen LogP contribution in [0.25, 0.3) is 11.3 Å². The van der Waals surface area contributed by atoms with Crippen LogP contribution in [0, 0.1) is 12.8 Å². The molecule has 94 valence electrons. The van der Waals surface area contributed by atoms with Gasteiger partial charge in [-0.2, -0.15) is 0 Å². The number of Topliss-reactive ketones (excluding diaryl/α,β-unsaturated/α-hetero) is 1. The Labute approximate surface area is 107 Å². The van der Waals surface area contributed by atoms with Crippen molar-refractivity contribution in [2.45, 2.75) is 20.8 Å². The van der Waals surface area contributed by atoms with Gasteiger partial charge in [0, 0.05) is 17.2 Å². The van der Waals surface area contributed by atoms with Crippen LogP contribution in [0.4, 0.5) is 5.69 Å². The molecule has 0 aliphatic heterocycles. The molecule has 2 aromatic rings. The molecular weight excluding hydrogens is 224 g/mol. The second-order valence-electron chi connectivity index (χ2n) is 4.80. The Morgan fingerprint density at radius 2 is 1.83 bits per heavy atom. The summed E-state index contributed by atoms with van der Waals surface area (Å²) in [6.07, 6.45) is 0. The van der Waals surface area contributed by atoms with Gasteiger partial charge >= 0.3 is 0 Å². The average molecular weight is 242 g/mol. The number of aryl methyl sites for hydroxylation is 1. The second-order valence-corrected chi connectivity index (χ2v) is 4.80. The zero-order valence-corrected chi connectivity index (χ0v) is 10.9. The number of benzene rings is 1. The molecule has 0 fully saturated rings. The minimum absolute atomic E-state index is 0.0505. The summed E-state index contributed by atoms with van der Waals surface area (Å²) in [6.45, 7) is 5.66. The summed E-state index contributed by atoms with van der Waals surface area (Å²) in [6, 6.07) is 9.82. The van der Waals surface area contributed by atoms with Gasteiger partial charge in [-0.25, -0.2) is 0 Å². The van der Waals surface area contributed by atoms with Crippen LogP contribution in [0.3, 0.4) is 0 Å². The third-order valence-electron chi connectivity index (χ3n) is 3.06. The molecule has 0 aliphatic carbocycles. The van der Waals surface area contributed by atoms with E-state index < -0.39 is 0 Å². The van der Waals surface area contributed by atoms with Crippen molar-refractivity contribution in [1.82, 2.24) is 4.98 Å². The van der Waals surface area contributed by atoms with Crippen LogP contribution < -0.4 is 5.73 Å². The molecule has 0 aliphatic rings. The van der Waals surface area contributed by atoms with E-state index in [4.69, 9.17) is 5.73 Å². The van der Waals surface area contributed by atoms with Gasteiger partial charge in [-0.15, -0.1) is 0 Å². The number of anilines is 1.